The molecule has 206 valence electrons. The van der Waals surface area contributed by atoms with Crippen molar-refractivity contribution in [1.29, 1.82) is 0 Å². The highest BCUT2D eigenvalue weighted by Gasteiger charge is 2.28. The minimum Gasteiger partial charge on any atom is -0.293 e. The molecule has 0 spiro atoms. The molecule has 0 fully saturated rings. The van der Waals surface area contributed by atoms with Gasteiger partial charge >= 0.3 is 0 Å². The Hall–Kier alpha value is -3.33. The highest BCUT2D eigenvalue weighted by Crippen LogP contribution is 2.37. The number of Topliss-reactive ketones (excluding diaryl/α,β-unsaturated/α-hetero) is 1. The van der Waals surface area contributed by atoms with Crippen molar-refractivity contribution in [2.75, 3.05) is 0 Å². The largest absolute Gasteiger partial charge is 0.293 e. The molecule has 3 heteroatoms. The quantitative estimate of drug-likeness (QED) is 0.193. The van der Waals surface area contributed by atoms with Crippen LogP contribution in [0.3, 0.4) is 0 Å². The lowest BCUT2D eigenvalue weighted by molar-refractivity contribution is 0.0979. The molecule has 3 aromatic rings. The predicted molar refractivity (Wildman–Crippen MR) is 169 cm³/mol. The molecule has 0 aliphatic heterocycles. The van der Waals surface area contributed by atoms with E-state index >= 15 is 0 Å². The number of hydrogen-bond acceptors (Lipinski definition) is 3. The van der Waals surface area contributed by atoms with Gasteiger partial charge in [-0.2, -0.15) is 0 Å². The first-order chi connectivity index (χ1) is 18.4. The first-order valence-electron chi connectivity index (χ1n) is 14.4. The number of rotatable bonds is 10. The van der Waals surface area contributed by atoms with E-state index in [9.17, 15) is 4.79 Å². The summed E-state index contributed by atoms with van der Waals surface area (Å²) in [6.45, 7) is 21.6. The standard InChI is InChI=1S/C36H46N2O/c1-22(2)29-18-14-19-30(23(3)4)34(29)37-26(9)33(36(39)28-16-12-11-13-17-28)27(10)38-35-31(24(5)6)20-15-21-32(35)25(7)8/h11-25,33H,1-10H3. The first kappa shape index (κ1) is 30.2. The van der Waals surface area contributed by atoms with Crippen molar-refractivity contribution in [3.8, 4) is 0 Å². The molecule has 3 rings (SSSR count). The normalized spacial score (nSPS) is 13.6. The second-order valence-corrected chi connectivity index (χ2v) is 11.9. The molecule has 0 aliphatic rings. The van der Waals surface area contributed by atoms with Gasteiger partial charge in [-0.15, -0.1) is 0 Å². The van der Waals surface area contributed by atoms with Gasteiger partial charge in [0, 0.05) is 17.0 Å². The number of ketones is 1. The van der Waals surface area contributed by atoms with Gasteiger partial charge in [-0.05, 0) is 59.8 Å². The maximum atomic E-state index is 14.1. The van der Waals surface area contributed by atoms with Crippen LogP contribution in [0, 0.1) is 5.92 Å². The number of benzene rings is 3. The summed E-state index contributed by atoms with van der Waals surface area (Å²) in [6, 6.07) is 22.4. The number of para-hydroxylation sites is 2. The molecule has 0 bridgehead atoms. The topological polar surface area (TPSA) is 41.8 Å². The van der Waals surface area contributed by atoms with Crippen LogP contribution >= 0.6 is 0 Å². The van der Waals surface area contributed by atoms with Crippen molar-refractivity contribution in [3.05, 3.63) is 94.5 Å². The molecule has 39 heavy (non-hydrogen) atoms. The third-order valence-corrected chi connectivity index (χ3v) is 7.42. The van der Waals surface area contributed by atoms with E-state index in [1.54, 1.807) is 0 Å². The van der Waals surface area contributed by atoms with E-state index in [-0.39, 0.29) is 5.78 Å². The van der Waals surface area contributed by atoms with E-state index in [2.05, 4.69) is 91.8 Å². The average Bonchev–Trinajstić information content (AvgIpc) is 2.88. The molecule has 0 radical (unpaired) electrons. The fourth-order valence-electron chi connectivity index (χ4n) is 5.21. The Morgan fingerprint density at radius 3 is 1.15 bits per heavy atom. The molecule has 0 saturated heterocycles. The molecule has 0 aliphatic carbocycles. The highest BCUT2D eigenvalue weighted by atomic mass is 16.1. The Bertz CT molecular complexity index is 1210. The summed E-state index contributed by atoms with van der Waals surface area (Å²) in [5.74, 6) is 0.742. The Labute approximate surface area is 236 Å². The van der Waals surface area contributed by atoms with Gasteiger partial charge in [-0.1, -0.05) is 122 Å². The minimum absolute atomic E-state index is 0.0272. The van der Waals surface area contributed by atoms with Crippen LogP contribution in [0.5, 0.6) is 0 Å². The minimum atomic E-state index is -0.562. The van der Waals surface area contributed by atoms with Crippen LogP contribution < -0.4 is 0 Å². The van der Waals surface area contributed by atoms with Crippen molar-refractivity contribution in [2.45, 2.75) is 92.9 Å². The van der Waals surface area contributed by atoms with Gasteiger partial charge in [-0.3, -0.25) is 14.8 Å². The third-order valence-electron chi connectivity index (χ3n) is 7.42. The van der Waals surface area contributed by atoms with Gasteiger partial charge in [0.1, 0.15) is 0 Å². The molecule has 0 aromatic heterocycles. The van der Waals surface area contributed by atoms with Crippen LogP contribution in [0.15, 0.2) is 76.7 Å². The van der Waals surface area contributed by atoms with Gasteiger partial charge in [-0.25, -0.2) is 0 Å². The zero-order valence-corrected chi connectivity index (χ0v) is 25.5. The summed E-state index contributed by atoms with van der Waals surface area (Å²) in [7, 11) is 0. The van der Waals surface area contributed by atoms with Gasteiger partial charge in [0.2, 0.25) is 0 Å². The Morgan fingerprint density at radius 2 is 0.846 bits per heavy atom. The number of nitrogens with zero attached hydrogens (tertiary/aromatic N) is 2. The number of hydrogen-bond donors (Lipinski definition) is 0. The van der Waals surface area contributed by atoms with Crippen molar-refractivity contribution in [3.63, 3.8) is 0 Å². The predicted octanol–water partition coefficient (Wildman–Crippen LogP) is 10.6. The van der Waals surface area contributed by atoms with Crippen LogP contribution in [0.25, 0.3) is 0 Å². The van der Waals surface area contributed by atoms with Gasteiger partial charge in [0.15, 0.2) is 5.78 Å². The molecule has 0 N–H and O–H groups in total. The van der Waals surface area contributed by atoms with Crippen molar-refractivity contribution < 1.29 is 4.79 Å². The second kappa shape index (κ2) is 13.2. The van der Waals surface area contributed by atoms with Gasteiger partial charge in [0.05, 0.1) is 17.3 Å². The number of aliphatic imine (C=N–C) groups is 2. The third kappa shape index (κ3) is 7.01. The Kier molecular flexibility index (Phi) is 10.2. The van der Waals surface area contributed by atoms with Crippen LogP contribution in [-0.2, 0) is 0 Å². The maximum Gasteiger partial charge on any atom is 0.177 e. The average molecular weight is 523 g/mol. The van der Waals surface area contributed by atoms with E-state index < -0.39 is 5.92 Å². The van der Waals surface area contributed by atoms with E-state index in [0.717, 1.165) is 22.8 Å². The van der Waals surface area contributed by atoms with Crippen LogP contribution in [0.4, 0.5) is 11.4 Å². The second-order valence-electron chi connectivity index (χ2n) is 11.9. The van der Waals surface area contributed by atoms with E-state index in [4.69, 9.17) is 9.98 Å². The molecular weight excluding hydrogens is 476 g/mol. The SMILES string of the molecule is CC(=Nc1c(C(C)C)cccc1C(C)C)C(C(=O)c1ccccc1)C(C)=Nc1c(C(C)C)cccc1C(C)C. The van der Waals surface area contributed by atoms with Crippen molar-refractivity contribution >= 4 is 28.6 Å². The van der Waals surface area contributed by atoms with Gasteiger partial charge in [0.25, 0.3) is 0 Å². The number of carbonyl (C=O) groups excluding carboxylic acids is 1. The lowest BCUT2D eigenvalue weighted by atomic mass is 9.88. The molecule has 3 aromatic carbocycles. The first-order valence-corrected chi connectivity index (χ1v) is 14.4. The number of carbonyl (C=O) groups is 1. The summed E-state index contributed by atoms with van der Waals surface area (Å²) >= 11 is 0. The summed E-state index contributed by atoms with van der Waals surface area (Å²) < 4.78 is 0. The Balaban J connectivity index is 2.28. The van der Waals surface area contributed by atoms with E-state index in [0.29, 0.717) is 29.2 Å². The molecule has 0 amide bonds. The smallest absolute Gasteiger partial charge is 0.177 e. The highest BCUT2D eigenvalue weighted by molar-refractivity contribution is 6.26. The van der Waals surface area contributed by atoms with Gasteiger partial charge < -0.3 is 0 Å². The van der Waals surface area contributed by atoms with Crippen LogP contribution in [0.2, 0.25) is 0 Å². The van der Waals surface area contributed by atoms with Crippen molar-refractivity contribution in [1.82, 2.24) is 0 Å². The molecule has 0 heterocycles. The molecule has 3 nitrogen and oxygen atoms in total. The molecule has 0 atom stereocenters. The molecule has 0 saturated carbocycles. The summed E-state index contributed by atoms with van der Waals surface area (Å²) in [5, 5.41) is 0. The van der Waals surface area contributed by atoms with Crippen LogP contribution in [0.1, 0.15) is 126 Å². The lowest BCUT2D eigenvalue weighted by Gasteiger charge is -2.22. The monoisotopic (exact) mass is 522 g/mol. The Morgan fingerprint density at radius 1 is 0.513 bits per heavy atom. The zero-order chi connectivity index (χ0) is 28.9. The lowest BCUT2D eigenvalue weighted by Crippen LogP contribution is -2.29. The molecule has 0 unspecified atom stereocenters. The van der Waals surface area contributed by atoms with Crippen molar-refractivity contribution in [2.24, 2.45) is 15.9 Å². The fourth-order valence-corrected chi connectivity index (χ4v) is 5.21. The zero-order valence-electron chi connectivity index (χ0n) is 25.5. The summed E-state index contributed by atoms with van der Waals surface area (Å²) in [6.07, 6.45) is 0. The van der Waals surface area contributed by atoms with E-state index in [1.165, 1.54) is 22.3 Å². The molecular formula is C36H46N2O. The summed E-state index contributed by atoms with van der Waals surface area (Å²) in [4.78, 5) is 24.6. The van der Waals surface area contributed by atoms with Crippen LogP contribution in [-0.4, -0.2) is 17.2 Å². The maximum absolute atomic E-state index is 14.1. The fraction of sp³-hybridized carbons (Fsp3) is 0.417. The summed E-state index contributed by atoms with van der Waals surface area (Å²) in [5.41, 5.74) is 9.01. The van der Waals surface area contributed by atoms with E-state index in [1.807, 2.05) is 44.2 Å².